The zero-order valence-electron chi connectivity index (χ0n) is 11.3. The summed E-state index contributed by atoms with van der Waals surface area (Å²) in [5.74, 6) is -1.21. The van der Waals surface area contributed by atoms with Crippen LogP contribution in [0.4, 0.5) is 5.69 Å². The second-order valence-electron chi connectivity index (χ2n) is 4.67. The average molecular weight is 278 g/mol. The molecule has 0 fully saturated rings. The number of carbonyl (C=O) groups is 1. The Morgan fingerprint density at radius 2 is 1.95 bits per heavy atom. The van der Waals surface area contributed by atoms with Gasteiger partial charge in [0, 0.05) is 23.2 Å². The van der Waals surface area contributed by atoms with Crippen molar-refractivity contribution in [2.24, 2.45) is 5.92 Å². The lowest BCUT2D eigenvalue weighted by Gasteiger charge is -2.30. The zero-order valence-corrected chi connectivity index (χ0v) is 12.1. The van der Waals surface area contributed by atoms with E-state index in [9.17, 15) is 4.79 Å². The Morgan fingerprint density at radius 3 is 2.37 bits per heavy atom. The van der Waals surface area contributed by atoms with Crippen LogP contribution in [0.2, 0.25) is 0 Å². The number of hydrogen-bond acceptors (Lipinski definition) is 4. The van der Waals surface area contributed by atoms with Gasteiger partial charge in [0.25, 0.3) is 0 Å². The van der Waals surface area contributed by atoms with Crippen molar-refractivity contribution in [1.29, 1.82) is 5.26 Å². The minimum Gasteiger partial charge on any atom is -0.481 e. The first-order chi connectivity index (χ1) is 8.95. The van der Waals surface area contributed by atoms with Gasteiger partial charge in [-0.25, -0.2) is 0 Å². The second-order valence-corrected chi connectivity index (χ2v) is 5.53. The molecule has 0 saturated heterocycles. The lowest BCUT2D eigenvalue weighted by molar-refractivity contribution is -0.140. The molecular formula is C14H18N2O2S. The normalized spacial score (nSPS) is 11.9. The van der Waals surface area contributed by atoms with Crippen LogP contribution < -0.4 is 4.90 Å². The predicted octanol–water partition coefficient (Wildman–Crippen LogP) is 3.20. The highest BCUT2D eigenvalue weighted by Gasteiger charge is 2.18. The van der Waals surface area contributed by atoms with E-state index in [-0.39, 0.29) is 6.04 Å². The Bertz CT molecular complexity index is 465. The Kier molecular flexibility index (Phi) is 5.71. The van der Waals surface area contributed by atoms with Crippen molar-refractivity contribution in [1.82, 2.24) is 0 Å². The highest BCUT2D eigenvalue weighted by atomic mass is 32.2. The third kappa shape index (κ3) is 4.49. The standard InChI is InChI=1S/C14H18N2O2S/c1-10(2)16(8-11(3)14(17)18)12-4-6-13(7-5-12)19-9-15/h4-7,10-11H,8H2,1-3H3,(H,17,18). The van der Waals surface area contributed by atoms with Crippen LogP contribution in [-0.2, 0) is 4.79 Å². The molecule has 102 valence electrons. The van der Waals surface area contributed by atoms with Gasteiger partial charge < -0.3 is 10.0 Å². The third-order valence-electron chi connectivity index (χ3n) is 2.85. The van der Waals surface area contributed by atoms with Gasteiger partial charge in [-0.3, -0.25) is 4.79 Å². The van der Waals surface area contributed by atoms with Crippen LogP contribution in [0, 0.1) is 16.6 Å². The summed E-state index contributed by atoms with van der Waals surface area (Å²) in [5.41, 5.74) is 0.977. The monoisotopic (exact) mass is 278 g/mol. The summed E-state index contributed by atoms with van der Waals surface area (Å²) < 4.78 is 0. The van der Waals surface area contributed by atoms with Crippen molar-refractivity contribution >= 4 is 23.4 Å². The SMILES string of the molecule is CC(CN(c1ccc(SC#N)cc1)C(C)C)C(=O)O. The van der Waals surface area contributed by atoms with E-state index in [1.165, 1.54) is 0 Å². The number of benzene rings is 1. The van der Waals surface area contributed by atoms with Crippen LogP contribution >= 0.6 is 11.8 Å². The molecule has 0 aliphatic rings. The van der Waals surface area contributed by atoms with Gasteiger partial charge in [0.2, 0.25) is 0 Å². The van der Waals surface area contributed by atoms with Crippen LogP contribution in [0.15, 0.2) is 29.2 Å². The summed E-state index contributed by atoms with van der Waals surface area (Å²) in [5, 5.41) is 19.6. The van der Waals surface area contributed by atoms with Crippen molar-refractivity contribution in [3.05, 3.63) is 24.3 Å². The number of aliphatic carboxylic acids is 1. The molecule has 1 aromatic carbocycles. The maximum atomic E-state index is 11.0. The van der Waals surface area contributed by atoms with E-state index in [4.69, 9.17) is 10.4 Å². The molecule has 0 bridgehead atoms. The van der Waals surface area contributed by atoms with Gasteiger partial charge in [-0.1, -0.05) is 6.92 Å². The highest BCUT2D eigenvalue weighted by molar-refractivity contribution is 8.03. The van der Waals surface area contributed by atoms with Crippen molar-refractivity contribution < 1.29 is 9.90 Å². The molecule has 0 aromatic heterocycles. The van der Waals surface area contributed by atoms with E-state index in [0.717, 1.165) is 22.3 Å². The van der Waals surface area contributed by atoms with Gasteiger partial charge in [0.1, 0.15) is 5.40 Å². The fourth-order valence-corrected chi connectivity index (χ4v) is 2.12. The van der Waals surface area contributed by atoms with Gasteiger partial charge >= 0.3 is 5.97 Å². The first kappa shape index (κ1) is 15.4. The summed E-state index contributed by atoms with van der Waals surface area (Å²) in [4.78, 5) is 13.9. The zero-order chi connectivity index (χ0) is 14.4. The Hall–Kier alpha value is -1.67. The minimum atomic E-state index is -0.790. The molecule has 0 aliphatic carbocycles. The second kappa shape index (κ2) is 7.05. The number of thioether (sulfide) groups is 1. The molecular weight excluding hydrogens is 260 g/mol. The van der Waals surface area contributed by atoms with Gasteiger partial charge in [-0.05, 0) is 49.9 Å². The lowest BCUT2D eigenvalue weighted by atomic mass is 10.1. The molecule has 5 heteroatoms. The quantitative estimate of drug-likeness (QED) is 0.639. The molecule has 4 nitrogen and oxygen atoms in total. The van der Waals surface area contributed by atoms with E-state index in [1.807, 2.05) is 43.5 Å². The number of carboxylic acids is 1. The molecule has 1 aromatic rings. The summed E-state index contributed by atoms with van der Waals surface area (Å²) in [6.45, 7) is 6.24. The van der Waals surface area contributed by atoms with Gasteiger partial charge in [0.15, 0.2) is 0 Å². The Labute approximate surface area is 118 Å². The molecule has 1 unspecified atom stereocenters. The fourth-order valence-electron chi connectivity index (χ4n) is 1.75. The van der Waals surface area contributed by atoms with Crippen LogP contribution in [-0.4, -0.2) is 23.7 Å². The molecule has 0 heterocycles. The number of anilines is 1. The number of hydrogen-bond donors (Lipinski definition) is 1. The third-order valence-corrected chi connectivity index (χ3v) is 3.45. The van der Waals surface area contributed by atoms with Crippen molar-refractivity contribution in [2.45, 2.75) is 31.7 Å². The van der Waals surface area contributed by atoms with Crippen LogP contribution in [0.25, 0.3) is 0 Å². The van der Waals surface area contributed by atoms with E-state index >= 15 is 0 Å². The molecule has 19 heavy (non-hydrogen) atoms. The van der Waals surface area contributed by atoms with Crippen LogP contribution in [0.5, 0.6) is 0 Å². The first-order valence-corrected chi connectivity index (χ1v) is 6.92. The molecule has 0 saturated carbocycles. The molecule has 0 spiro atoms. The van der Waals surface area contributed by atoms with Gasteiger partial charge in [-0.2, -0.15) is 5.26 Å². The number of nitrogens with zero attached hydrogens (tertiary/aromatic N) is 2. The van der Waals surface area contributed by atoms with E-state index in [1.54, 1.807) is 6.92 Å². The maximum absolute atomic E-state index is 11.0. The smallest absolute Gasteiger partial charge is 0.308 e. The largest absolute Gasteiger partial charge is 0.481 e. The number of rotatable bonds is 6. The molecule has 1 rings (SSSR count). The maximum Gasteiger partial charge on any atom is 0.308 e. The summed E-state index contributed by atoms with van der Waals surface area (Å²) in [6, 6.07) is 7.83. The molecule has 0 amide bonds. The first-order valence-electron chi connectivity index (χ1n) is 6.11. The predicted molar refractivity (Wildman–Crippen MR) is 77.2 cm³/mol. The van der Waals surface area contributed by atoms with E-state index in [0.29, 0.717) is 6.54 Å². The summed E-state index contributed by atoms with van der Waals surface area (Å²) >= 11 is 1.12. The molecule has 0 aliphatic heterocycles. The van der Waals surface area contributed by atoms with Crippen molar-refractivity contribution in [2.75, 3.05) is 11.4 Å². The minimum absolute atomic E-state index is 0.219. The summed E-state index contributed by atoms with van der Waals surface area (Å²) in [7, 11) is 0. The number of nitriles is 1. The number of carboxylic acid groups (broad SMARTS) is 1. The lowest BCUT2D eigenvalue weighted by Crippen LogP contribution is -2.37. The Morgan fingerprint density at radius 1 is 1.37 bits per heavy atom. The fraction of sp³-hybridized carbons (Fsp3) is 0.429. The van der Waals surface area contributed by atoms with Crippen molar-refractivity contribution in [3.8, 4) is 5.40 Å². The van der Waals surface area contributed by atoms with Gasteiger partial charge in [-0.15, -0.1) is 0 Å². The average Bonchev–Trinajstić information content (AvgIpc) is 2.36. The molecule has 1 atom stereocenters. The van der Waals surface area contributed by atoms with E-state index in [2.05, 4.69) is 4.90 Å². The Balaban J connectivity index is 2.87. The van der Waals surface area contributed by atoms with E-state index < -0.39 is 11.9 Å². The molecule has 0 radical (unpaired) electrons. The highest BCUT2D eigenvalue weighted by Crippen LogP contribution is 2.23. The molecule has 1 N–H and O–H groups in total. The van der Waals surface area contributed by atoms with Crippen LogP contribution in [0.3, 0.4) is 0 Å². The van der Waals surface area contributed by atoms with Gasteiger partial charge in [0.05, 0.1) is 5.92 Å². The summed E-state index contributed by atoms with van der Waals surface area (Å²) in [6.07, 6.45) is 0. The van der Waals surface area contributed by atoms with Crippen LogP contribution in [0.1, 0.15) is 20.8 Å². The number of thiocyanates is 1. The topological polar surface area (TPSA) is 64.3 Å². The van der Waals surface area contributed by atoms with Crippen molar-refractivity contribution in [3.63, 3.8) is 0 Å².